The molecule has 3 aromatic carbocycles. The Morgan fingerprint density at radius 3 is 1.25 bits per heavy atom. The topological polar surface area (TPSA) is 150 Å². The molecule has 0 saturated heterocycles. The lowest BCUT2D eigenvalue weighted by Gasteiger charge is -2.13. The molecule has 11 nitrogen and oxygen atoms in total. The summed E-state index contributed by atoms with van der Waals surface area (Å²) < 4.78 is 25.6. The molecule has 0 saturated carbocycles. The standard InChI is InChI=1S/C15H20O5S.C14H19NO2S.C12H14O2S.4C6H12S.C5H10OS.2C5H10S/c1-11(2)15(17)19-9-12(16)8-18-10-20-13-6-4-5-7-14(13)21-3;1-10(2)8-17-14(16)15-13-7-12(9-18-4)6-5-11(13)3;1-9(2)8-14-12(13)10-6-4-5-7-11(10)15-3;4*1-6(2)4-5-7-3;1-4(2)5(6)7-3;2*1-5(2)4-6-3/h4-7,12,16H,1,8-10H2,2-3H3;5-7H,1,8-9H2,2-4H3,(H,15,16);4-7H,1,8H2,2-3H3;4*1,4-5H2,2-3H3;5-6H,1H2,2-3H3;2*1,4H2,2-3H3. The number of anilines is 1. The molecule has 0 bridgehead atoms. The fraction of sp³-hybridized carbons (Fsp3) is 0.487. The fourth-order valence-electron chi connectivity index (χ4n) is 5.64. The van der Waals surface area contributed by atoms with E-state index in [1.165, 1.54) is 111 Å². The maximum atomic E-state index is 11.7. The lowest BCUT2D eigenvalue weighted by Crippen LogP contribution is -2.24. The third kappa shape index (κ3) is 85.3. The molecule has 0 spiro atoms. The summed E-state index contributed by atoms with van der Waals surface area (Å²) in [6.07, 6.45) is 23.7. The highest BCUT2D eigenvalue weighted by Crippen LogP contribution is 2.27. The average Bonchev–Trinajstić information content (AvgIpc) is 0.889. The first-order chi connectivity index (χ1) is 47.5. The highest BCUT2D eigenvalue weighted by atomic mass is 32.2. The maximum Gasteiger partial charge on any atom is 0.411 e. The molecular formula is C80H131NO10S10. The van der Waals surface area contributed by atoms with Crippen LogP contribution in [0, 0.1) is 6.92 Å². The summed E-state index contributed by atoms with van der Waals surface area (Å²) in [5.74, 6) is 7.90. The third-order valence-corrected chi connectivity index (χ3v) is 17.9. The number of rotatable bonds is 36. The van der Waals surface area contributed by atoms with Gasteiger partial charge in [0.15, 0.2) is 6.79 Å². The molecule has 0 aromatic heterocycles. The first-order valence-electron chi connectivity index (χ1n) is 32.1. The number of thioether (sulfide) groups is 10. The van der Waals surface area contributed by atoms with Crippen molar-refractivity contribution in [1.82, 2.24) is 0 Å². The van der Waals surface area contributed by atoms with Crippen LogP contribution in [0.1, 0.15) is 116 Å². The number of nitrogens with one attached hydrogen (secondary N) is 1. The number of aryl methyl sites for hydroxylation is 1. The number of para-hydroxylation sites is 1. The van der Waals surface area contributed by atoms with Gasteiger partial charge < -0.3 is 33.9 Å². The number of esters is 2. The van der Waals surface area contributed by atoms with Gasteiger partial charge in [0.25, 0.3) is 0 Å². The monoisotopic (exact) mass is 1590 g/mol. The van der Waals surface area contributed by atoms with Crippen LogP contribution >= 0.6 is 118 Å². The fourth-order valence-corrected chi connectivity index (χ4v) is 10.9. The Bertz CT molecular complexity index is 2680. The Morgan fingerprint density at radius 1 is 0.485 bits per heavy atom. The second-order valence-electron chi connectivity index (χ2n) is 22.8. The van der Waals surface area contributed by atoms with E-state index < -0.39 is 18.2 Å². The number of carbonyl (C=O) groups excluding carboxylic acids is 3. The van der Waals surface area contributed by atoms with Crippen molar-refractivity contribution in [3.63, 3.8) is 0 Å². The lowest BCUT2D eigenvalue weighted by molar-refractivity contribution is -0.143. The van der Waals surface area contributed by atoms with Crippen LogP contribution in [0.2, 0.25) is 0 Å². The van der Waals surface area contributed by atoms with Gasteiger partial charge in [0.1, 0.15) is 37.1 Å². The zero-order valence-electron chi connectivity index (χ0n) is 65.6. The molecule has 0 aliphatic heterocycles. The van der Waals surface area contributed by atoms with Crippen molar-refractivity contribution in [3.8, 4) is 5.75 Å². The second kappa shape index (κ2) is 79.0. The van der Waals surface area contributed by atoms with Crippen LogP contribution in [-0.2, 0) is 29.5 Å². The summed E-state index contributed by atoms with van der Waals surface area (Å²) in [7, 11) is 0. The average molecular weight is 1590 g/mol. The van der Waals surface area contributed by atoms with Gasteiger partial charge in [-0.15, -0.1) is 61.6 Å². The summed E-state index contributed by atoms with van der Waals surface area (Å²) in [4.78, 5) is 36.3. The van der Waals surface area contributed by atoms with Crippen LogP contribution in [0.3, 0.4) is 0 Å². The molecule has 101 heavy (non-hydrogen) atoms. The largest absolute Gasteiger partial charge is 0.466 e. The van der Waals surface area contributed by atoms with Crippen LogP contribution in [0.5, 0.6) is 5.75 Å². The van der Waals surface area contributed by atoms with Crippen molar-refractivity contribution in [1.29, 1.82) is 0 Å². The highest BCUT2D eigenvalue weighted by molar-refractivity contribution is 8.00. The number of hydrogen-bond donors (Lipinski definition) is 3. The normalized spacial score (nSPS) is 10.0. The minimum Gasteiger partial charge on any atom is -0.466 e. The van der Waals surface area contributed by atoms with E-state index in [4.69, 9.17) is 28.8 Å². The number of aliphatic hydroxyl groups is 2. The van der Waals surface area contributed by atoms with E-state index in [1.54, 1.807) is 43.4 Å². The predicted octanol–water partition coefficient (Wildman–Crippen LogP) is 23.7. The molecule has 3 rings (SSSR count). The van der Waals surface area contributed by atoms with E-state index in [0.717, 1.165) is 60.8 Å². The Morgan fingerprint density at radius 2 is 0.911 bits per heavy atom. The summed E-state index contributed by atoms with van der Waals surface area (Å²) >= 11 is 17.3. The first-order valence-corrected chi connectivity index (χ1v) is 45.6. The van der Waals surface area contributed by atoms with Crippen molar-refractivity contribution in [3.05, 3.63) is 205 Å². The lowest BCUT2D eigenvalue weighted by atomic mass is 10.1. The van der Waals surface area contributed by atoms with Crippen LogP contribution in [0.15, 0.2) is 198 Å². The molecule has 0 radical (unpaired) electrons. The molecule has 576 valence electrons. The van der Waals surface area contributed by atoms with E-state index in [9.17, 15) is 19.5 Å². The zero-order chi connectivity index (χ0) is 79.1. The van der Waals surface area contributed by atoms with E-state index in [1.807, 2.05) is 185 Å². The Labute approximate surface area is 659 Å². The van der Waals surface area contributed by atoms with E-state index in [0.29, 0.717) is 11.1 Å². The number of amides is 1. The minimum atomic E-state index is -0.896. The number of hydrogen-bond acceptors (Lipinski definition) is 20. The number of allylic oxidation sites excluding steroid dienone is 4. The third-order valence-electron chi connectivity index (χ3n) is 10.9. The van der Waals surface area contributed by atoms with Gasteiger partial charge in [-0.3, -0.25) is 5.32 Å². The molecule has 2 unspecified atom stereocenters. The second-order valence-corrected chi connectivity index (χ2v) is 32.0. The number of benzene rings is 3. The summed E-state index contributed by atoms with van der Waals surface area (Å²) in [5, 5.41) is 21.1. The SMILES string of the molecule is C=C(C)C(=O)OCC(O)COCOc1ccccc1SC.C=C(C)C(O)SC.C=C(C)CCSC.C=C(C)CCSC.C=C(C)CCSC.C=C(C)CCSC.C=C(C)COC(=O)Nc1cc(CSC)ccc1C.C=C(C)COC(=O)c1ccccc1SC.C=C(C)CSC.C=C(C)CSC. The molecule has 2 atom stereocenters. The quantitative estimate of drug-likeness (QED) is 0.00963. The summed E-state index contributed by atoms with van der Waals surface area (Å²) in [6, 6.07) is 21.1. The molecule has 3 aromatic rings. The molecule has 0 aliphatic carbocycles. The number of ether oxygens (including phenoxy) is 5. The molecule has 21 heteroatoms. The van der Waals surface area contributed by atoms with Gasteiger partial charge in [0, 0.05) is 38.3 Å². The van der Waals surface area contributed by atoms with Crippen molar-refractivity contribution in [2.45, 2.75) is 129 Å². The number of aliphatic hydroxyl groups excluding tert-OH is 2. The summed E-state index contributed by atoms with van der Waals surface area (Å²) in [6.45, 7) is 58.7. The Hall–Kier alpha value is -3.55. The zero-order valence-corrected chi connectivity index (χ0v) is 73.8. The van der Waals surface area contributed by atoms with Gasteiger partial charge in [-0.05, 0) is 246 Å². The smallest absolute Gasteiger partial charge is 0.411 e. The van der Waals surface area contributed by atoms with Gasteiger partial charge in [0.2, 0.25) is 0 Å². The Balaban J connectivity index is -0.000000203. The van der Waals surface area contributed by atoms with Gasteiger partial charge >= 0.3 is 18.0 Å². The van der Waals surface area contributed by atoms with Crippen molar-refractivity contribution in [2.24, 2.45) is 0 Å². The molecule has 0 aliphatic rings. The van der Waals surface area contributed by atoms with E-state index in [2.05, 4.69) is 142 Å². The van der Waals surface area contributed by atoms with Crippen LogP contribution in [0.4, 0.5) is 10.5 Å². The molecule has 1 amide bonds. The van der Waals surface area contributed by atoms with Gasteiger partial charge in [-0.2, -0.15) is 82.3 Å². The van der Waals surface area contributed by atoms with Gasteiger partial charge in [0.05, 0.1) is 12.2 Å². The predicted molar refractivity (Wildman–Crippen MR) is 475 cm³/mol. The van der Waals surface area contributed by atoms with E-state index in [-0.39, 0.29) is 44.6 Å². The Kier molecular flexibility index (Phi) is 86.7. The summed E-state index contributed by atoms with van der Waals surface area (Å²) in [5.41, 5.74) is 13.7. The molecule has 0 fully saturated rings. The molecule has 0 heterocycles. The molecule has 3 N–H and O–H groups in total. The first kappa shape index (κ1) is 111. The van der Waals surface area contributed by atoms with Crippen molar-refractivity contribution < 1.29 is 48.3 Å². The van der Waals surface area contributed by atoms with Crippen LogP contribution < -0.4 is 10.1 Å². The minimum absolute atomic E-state index is 0.0169. The van der Waals surface area contributed by atoms with Crippen LogP contribution in [-0.4, -0.2) is 170 Å². The van der Waals surface area contributed by atoms with Crippen molar-refractivity contribution in [2.75, 3.05) is 136 Å². The highest BCUT2D eigenvalue weighted by Gasteiger charge is 2.13. The van der Waals surface area contributed by atoms with Gasteiger partial charge in [-0.25, -0.2) is 14.4 Å². The van der Waals surface area contributed by atoms with Crippen molar-refractivity contribution >= 4 is 141 Å². The van der Waals surface area contributed by atoms with Crippen LogP contribution in [0.25, 0.3) is 0 Å². The van der Waals surface area contributed by atoms with E-state index >= 15 is 0 Å². The number of carbonyl (C=O) groups is 3. The maximum absolute atomic E-state index is 11.7. The van der Waals surface area contributed by atoms with Gasteiger partial charge in [-0.1, -0.05) is 109 Å². The molecular weight excluding hydrogens is 1460 g/mol.